The molecule has 0 amide bonds. The van der Waals surface area contributed by atoms with E-state index in [0.29, 0.717) is 0 Å². The molecule has 0 saturated heterocycles. The van der Waals surface area contributed by atoms with Crippen LogP contribution in [0.15, 0.2) is 23.1 Å². The van der Waals surface area contributed by atoms with Crippen LogP contribution in [0.25, 0.3) is 0 Å². The van der Waals surface area contributed by atoms with Crippen molar-refractivity contribution in [2.45, 2.75) is 18.7 Å². The van der Waals surface area contributed by atoms with E-state index in [-0.39, 0.29) is 22.8 Å². The zero-order valence-electron chi connectivity index (χ0n) is 11.9. The van der Waals surface area contributed by atoms with Crippen LogP contribution in [0, 0.1) is 17.0 Å². The summed E-state index contributed by atoms with van der Waals surface area (Å²) in [6.07, 6.45) is 0. The molecule has 0 aliphatic carbocycles. The van der Waals surface area contributed by atoms with Gasteiger partial charge in [-0.1, -0.05) is 6.07 Å². The van der Waals surface area contributed by atoms with Crippen LogP contribution in [0.4, 0.5) is 5.69 Å². The monoisotopic (exact) mass is 316 g/mol. The number of nitro benzene ring substituents is 1. The molecule has 0 fully saturated rings. The number of sulfonamides is 1. The summed E-state index contributed by atoms with van der Waals surface area (Å²) in [4.78, 5) is 21.4. The molecule has 0 bridgehead atoms. The number of benzene rings is 1. The van der Waals surface area contributed by atoms with Crippen LogP contribution < -0.4 is 0 Å². The highest BCUT2D eigenvalue weighted by Gasteiger charge is 2.28. The van der Waals surface area contributed by atoms with Gasteiger partial charge in [-0.15, -0.1) is 0 Å². The van der Waals surface area contributed by atoms with Crippen LogP contribution >= 0.6 is 0 Å². The lowest BCUT2D eigenvalue weighted by molar-refractivity contribution is -0.385. The van der Waals surface area contributed by atoms with Crippen molar-refractivity contribution in [1.82, 2.24) is 4.31 Å². The molecule has 0 N–H and O–H groups in total. The molecule has 0 unspecified atom stereocenters. The molecule has 8 nitrogen and oxygen atoms in total. The minimum atomic E-state index is -4.01. The van der Waals surface area contributed by atoms with Gasteiger partial charge in [0.2, 0.25) is 10.0 Å². The van der Waals surface area contributed by atoms with Crippen molar-refractivity contribution in [1.29, 1.82) is 0 Å². The maximum Gasteiger partial charge on any atom is 0.321 e. The summed E-state index contributed by atoms with van der Waals surface area (Å²) in [5.74, 6) is -0.688. The van der Waals surface area contributed by atoms with Crippen molar-refractivity contribution in [3.63, 3.8) is 0 Å². The van der Waals surface area contributed by atoms with E-state index in [1.165, 1.54) is 32.2 Å². The highest BCUT2D eigenvalue weighted by molar-refractivity contribution is 7.89. The lowest BCUT2D eigenvalue weighted by Crippen LogP contribution is -2.33. The van der Waals surface area contributed by atoms with Crippen molar-refractivity contribution < 1.29 is 22.9 Å². The second-order valence-corrected chi connectivity index (χ2v) is 6.24. The average molecular weight is 316 g/mol. The number of hydrogen-bond donors (Lipinski definition) is 0. The average Bonchev–Trinajstić information content (AvgIpc) is 2.38. The summed E-state index contributed by atoms with van der Waals surface area (Å²) in [6.45, 7) is 2.64. The molecular weight excluding hydrogens is 300 g/mol. The summed E-state index contributed by atoms with van der Waals surface area (Å²) in [5.41, 5.74) is -0.265. The van der Waals surface area contributed by atoms with Gasteiger partial charge in [0.05, 0.1) is 16.4 Å². The van der Waals surface area contributed by atoms with E-state index in [1.54, 1.807) is 6.92 Å². The molecule has 1 aromatic carbocycles. The lowest BCUT2D eigenvalue weighted by atomic mass is 10.2. The fourth-order valence-electron chi connectivity index (χ4n) is 1.72. The molecule has 0 saturated carbocycles. The van der Waals surface area contributed by atoms with Gasteiger partial charge in [-0.3, -0.25) is 14.9 Å². The first-order valence-corrected chi connectivity index (χ1v) is 7.51. The van der Waals surface area contributed by atoms with Crippen LogP contribution in [0.1, 0.15) is 12.5 Å². The Morgan fingerprint density at radius 1 is 1.43 bits per heavy atom. The van der Waals surface area contributed by atoms with Gasteiger partial charge in [0.1, 0.15) is 6.54 Å². The molecule has 0 atom stereocenters. The van der Waals surface area contributed by atoms with E-state index in [9.17, 15) is 23.3 Å². The zero-order valence-corrected chi connectivity index (χ0v) is 12.7. The Bertz CT molecular complexity index is 656. The van der Waals surface area contributed by atoms with Gasteiger partial charge in [-0.25, -0.2) is 8.42 Å². The third kappa shape index (κ3) is 3.76. The number of nitrogens with zero attached hydrogens (tertiary/aromatic N) is 2. The van der Waals surface area contributed by atoms with Crippen LogP contribution in [0.3, 0.4) is 0 Å². The first-order valence-electron chi connectivity index (χ1n) is 6.07. The predicted molar refractivity (Wildman–Crippen MR) is 74.3 cm³/mol. The first kappa shape index (κ1) is 17.1. The molecular formula is C12H16N2O6S. The van der Waals surface area contributed by atoms with Gasteiger partial charge < -0.3 is 4.74 Å². The maximum atomic E-state index is 12.4. The molecule has 9 heteroatoms. The highest BCUT2D eigenvalue weighted by Crippen LogP contribution is 2.26. The van der Waals surface area contributed by atoms with Crippen molar-refractivity contribution in [2.24, 2.45) is 0 Å². The summed E-state index contributed by atoms with van der Waals surface area (Å²) in [6, 6.07) is 3.77. The van der Waals surface area contributed by atoms with Gasteiger partial charge in [-0.2, -0.15) is 4.31 Å². The standard InChI is InChI=1S/C12H16N2O6S/c1-4-20-12(15)8-13(3)21(18,19)11-7-5-6-10(9(11)2)14(16)17/h5-7H,4,8H2,1-3H3. The van der Waals surface area contributed by atoms with E-state index < -0.39 is 27.5 Å². The molecule has 1 aromatic rings. The smallest absolute Gasteiger partial charge is 0.321 e. The van der Waals surface area contributed by atoms with Crippen molar-refractivity contribution in [3.05, 3.63) is 33.9 Å². The van der Waals surface area contributed by atoms with Gasteiger partial charge in [0.25, 0.3) is 5.69 Å². The topological polar surface area (TPSA) is 107 Å². The van der Waals surface area contributed by atoms with E-state index in [1.807, 2.05) is 0 Å². The number of nitro groups is 1. The Morgan fingerprint density at radius 3 is 2.57 bits per heavy atom. The molecule has 0 radical (unpaired) electrons. The quantitative estimate of drug-likeness (QED) is 0.441. The van der Waals surface area contributed by atoms with E-state index in [4.69, 9.17) is 0 Å². The molecule has 0 spiro atoms. The van der Waals surface area contributed by atoms with Crippen molar-refractivity contribution in [3.8, 4) is 0 Å². The third-order valence-electron chi connectivity index (χ3n) is 2.80. The zero-order chi connectivity index (χ0) is 16.2. The summed E-state index contributed by atoms with van der Waals surface area (Å²) in [5, 5.41) is 10.9. The summed E-state index contributed by atoms with van der Waals surface area (Å²) >= 11 is 0. The predicted octanol–water partition coefficient (Wildman–Crippen LogP) is 1.09. The molecule has 116 valence electrons. The Kier molecular flexibility index (Phi) is 5.39. The van der Waals surface area contributed by atoms with Crippen molar-refractivity contribution >= 4 is 21.7 Å². The largest absolute Gasteiger partial charge is 0.465 e. The van der Waals surface area contributed by atoms with Crippen LogP contribution in [0.2, 0.25) is 0 Å². The molecule has 21 heavy (non-hydrogen) atoms. The Balaban J connectivity index is 3.17. The second-order valence-electron chi connectivity index (χ2n) is 4.22. The molecule has 0 heterocycles. The van der Waals surface area contributed by atoms with Crippen LogP contribution in [-0.4, -0.2) is 43.8 Å². The van der Waals surface area contributed by atoms with E-state index in [2.05, 4.69) is 4.74 Å². The molecule has 1 rings (SSSR count). The number of carbonyl (C=O) groups excluding carboxylic acids is 1. The van der Waals surface area contributed by atoms with Crippen LogP contribution in [-0.2, 0) is 19.6 Å². The summed E-state index contributed by atoms with van der Waals surface area (Å²) < 4.78 is 30.2. The number of likely N-dealkylation sites (N-methyl/N-ethyl adjacent to an activating group) is 1. The van der Waals surface area contributed by atoms with Gasteiger partial charge in [-0.05, 0) is 19.9 Å². The first-order chi connectivity index (χ1) is 9.71. The maximum absolute atomic E-state index is 12.4. The SMILES string of the molecule is CCOC(=O)CN(C)S(=O)(=O)c1cccc([N+](=O)[O-])c1C. The lowest BCUT2D eigenvalue weighted by Gasteiger charge is -2.17. The summed E-state index contributed by atoms with van der Waals surface area (Å²) in [7, 11) is -2.80. The second kappa shape index (κ2) is 6.64. The molecule has 0 aliphatic rings. The number of rotatable bonds is 6. The normalized spacial score (nSPS) is 11.4. The Labute approximate surface area is 122 Å². The minimum Gasteiger partial charge on any atom is -0.465 e. The number of carbonyl (C=O) groups is 1. The Hall–Kier alpha value is -2.00. The molecule has 0 aromatic heterocycles. The fraction of sp³-hybridized carbons (Fsp3) is 0.417. The van der Waals surface area contributed by atoms with Gasteiger partial charge in [0.15, 0.2) is 0 Å². The van der Waals surface area contributed by atoms with Crippen LogP contribution in [0.5, 0.6) is 0 Å². The third-order valence-corrected chi connectivity index (χ3v) is 4.75. The highest BCUT2D eigenvalue weighted by atomic mass is 32.2. The minimum absolute atomic E-state index is 0.0261. The number of hydrogen-bond acceptors (Lipinski definition) is 6. The van der Waals surface area contributed by atoms with E-state index >= 15 is 0 Å². The number of ether oxygens (including phenoxy) is 1. The van der Waals surface area contributed by atoms with Crippen molar-refractivity contribution in [2.75, 3.05) is 20.2 Å². The van der Waals surface area contributed by atoms with Gasteiger partial charge in [0, 0.05) is 18.7 Å². The molecule has 0 aliphatic heterocycles. The number of esters is 1. The van der Waals surface area contributed by atoms with Gasteiger partial charge >= 0.3 is 5.97 Å². The fourth-order valence-corrected chi connectivity index (χ4v) is 3.07. The van der Waals surface area contributed by atoms with E-state index in [0.717, 1.165) is 4.31 Å². The Morgan fingerprint density at radius 2 is 2.05 bits per heavy atom.